The number of benzene rings is 2. The zero-order valence-corrected chi connectivity index (χ0v) is 14.3. The molecule has 0 aliphatic carbocycles. The molecule has 2 aromatic carbocycles. The van der Waals surface area contributed by atoms with Gasteiger partial charge in [-0.3, -0.25) is 4.79 Å². The lowest BCUT2D eigenvalue weighted by molar-refractivity contribution is 0.0996. The highest BCUT2D eigenvalue weighted by molar-refractivity contribution is 6.11. The Bertz CT molecular complexity index is 736. The number of hydrogen-bond donors (Lipinski definition) is 1. The highest BCUT2D eigenvalue weighted by Gasteiger charge is 2.33. The van der Waals surface area contributed by atoms with Gasteiger partial charge in [0.15, 0.2) is 0 Å². The Hall–Kier alpha value is -2.29. The second-order valence-electron chi connectivity index (χ2n) is 6.86. The number of para-hydroxylation sites is 1. The van der Waals surface area contributed by atoms with E-state index in [9.17, 15) is 4.79 Å². The molecule has 0 aromatic heterocycles. The van der Waals surface area contributed by atoms with Crippen LogP contribution in [0.15, 0.2) is 36.4 Å². The van der Waals surface area contributed by atoms with Crippen molar-refractivity contribution in [2.45, 2.75) is 46.1 Å². The van der Waals surface area contributed by atoms with Crippen molar-refractivity contribution < 1.29 is 4.79 Å². The fourth-order valence-electron chi connectivity index (χ4n) is 3.36. The summed E-state index contributed by atoms with van der Waals surface area (Å²) in [6, 6.07) is 12.0. The quantitative estimate of drug-likeness (QED) is 0.837. The van der Waals surface area contributed by atoms with E-state index in [1.807, 2.05) is 23.1 Å². The van der Waals surface area contributed by atoms with Crippen LogP contribution in [0.1, 0.15) is 66.6 Å². The van der Waals surface area contributed by atoms with Crippen molar-refractivity contribution in [3.8, 4) is 0 Å². The minimum absolute atomic E-state index is 0.0577. The maximum atomic E-state index is 13.0. The molecule has 0 saturated carbocycles. The van der Waals surface area contributed by atoms with Crippen molar-refractivity contribution in [1.29, 1.82) is 0 Å². The molecule has 3 rings (SSSR count). The molecule has 1 amide bonds. The van der Waals surface area contributed by atoms with Gasteiger partial charge in [-0.2, -0.15) is 0 Å². The largest absolute Gasteiger partial charge is 0.398 e. The molecule has 0 radical (unpaired) electrons. The van der Waals surface area contributed by atoms with Gasteiger partial charge in [-0.15, -0.1) is 0 Å². The molecule has 3 nitrogen and oxygen atoms in total. The summed E-state index contributed by atoms with van der Waals surface area (Å²) >= 11 is 0. The number of rotatable bonds is 3. The molecule has 3 heteroatoms. The predicted octanol–water partition coefficient (Wildman–Crippen LogP) is 4.68. The van der Waals surface area contributed by atoms with E-state index in [1.165, 1.54) is 11.1 Å². The minimum Gasteiger partial charge on any atom is -0.398 e. The van der Waals surface area contributed by atoms with Gasteiger partial charge in [0.2, 0.25) is 0 Å². The molecule has 0 spiro atoms. The Morgan fingerprint density at radius 3 is 2.04 bits per heavy atom. The molecular formula is C20H24N2O. The number of fused-ring (bicyclic) bond motifs is 1. The van der Waals surface area contributed by atoms with E-state index in [0.717, 1.165) is 16.8 Å². The Kier molecular flexibility index (Phi) is 3.88. The Morgan fingerprint density at radius 1 is 0.957 bits per heavy atom. The Morgan fingerprint density at radius 2 is 1.52 bits per heavy atom. The zero-order valence-electron chi connectivity index (χ0n) is 14.3. The summed E-state index contributed by atoms with van der Waals surface area (Å²) in [5.74, 6) is 0.775. The van der Waals surface area contributed by atoms with Crippen LogP contribution >= 0.6 is 0 Å². The summed E-state index contributed by atoms with van der Waals surface area (Å²) < 4.78 is 0. The molecule has 1 aliphatic heterocycles. The van der Waals surface area contributed by atoms with Gasteiger partial charge in [-0.25, -0.2) is 0 Å². The van der Waals surface area contributed by atoms with Crippen molar-refractivity contribution in [3.05, 3.63) is 58.7 Å². The van der Waals surface area contributed by atoms with Gasteiger partial charge in [-0.1, -0.05) is 52.0 Å². The van der Waals surface area contributed by atoms with E-state index >= 15 is 0 Å². The van der Waals surface area contributed by atoms with Crippen LogP contribution in [0, 0.1) is 0 Å². The average molecular weight is 308 g/mol. The summed E-state index contributed by atoms with van der Waals surface area (Å²) in [5, 5.41) is 0. The Balaban J connectivity index is 2.17. The lowest BCUT2D eigenvalue weighted by Gasteiger charge is -2.26. The van der Waals surface area contributed by atoms with E-state index < -0.39 is 0 Å². The highest BCUT2D eigenvalue weighted by atomic mass is 16.2. The molecule has 2 N–H and O–H groups in total. The van der Waals surface area contributed by atoms with Crippen LogP contribution in [0.5, 0.6) is 0 Å². The van der Waals surface area contributed by atoms with E-state index in [2.05, 4.69) is 45.9 Å². The number of anilines is 2. The molecule has 0 fully saturated rings. The van der Waals surface area contributed by atoms with Gasteiger partial charge in [-0.05, 0) is 35.1 Å². The van der Waals surface area contributed by atoms with Crippen molar-refractivity contribution in [2.24, 2.45) is 0 Å². The van der Waals surface area contributed by atoms with Crippen molar-refractivity contribution in [3.63, 3.8) is 0 Å². The molecule has 1 heterocycles. The number of carbonyl (C=O) groups excluding carboxylic acids is 1. The summed E-state index contributed by atoms with van der Waals surface area (Å²) in [5.41, 5.74) is 12.0. The van der Waals surface area contributed by atoms with E-state index in [1.54, 1.807) is 0 Å². The lowest BCUT2D eigenvalue weighted by atomic mass is 9.92. The number of nitrogens with zero attached hydrogens (tertiary/aromatic N) is 1. The third-order valence-corrected chi connectivity index (χ3v) is 4.62. The van der Waals surface area contributed by atoms with Crippen LogP contribution in [0.2, 0.25) is 0 Å². The first-order chi connectivity index (χ1) is 10.9. The molecule has 2 aromatic rings. The summed E-state index contributed by atoms with van der Waals surface area (Å²) in [4.78, 5) is 14.9. The number of hydrogen-bond acceptors (Lipinski definition) is 2. The highest BCUT2D eigenvalue weighted by Crippen LogP contribution is 2.40. The van der Waals surface area contributed by atoms with Gasteiger partial charge in [0.05, 0.1) is 12.2 Å². The van der Waals surface area contributed by atoms with E-state index in [4.69, 9.17) is 5.73 Å². The minimum atomic E-state index is 0.0577. The van der Waals surface area contributed by atoms with E-state index in [-0.39, 0.29) is 5.91 Å². The maximum absolute atomic E-state index is 13.0. The van der Waals surface area contributed by atoms with Gasteiger partial charge in [0, 0.05) is 16.8 Å². The SMILES string of the molecule is CC(C)c1cccc(C(C)C)c1N1Cc2c(N)cccc2C1=O. The van der Waals surface area contributed by atoms with Crippen LogP contribution in [0.4, 0.5) is 11.4 Å². The summed E-state index contributed by atoms with van der Waals surface area (Å²) in [6.45, 7) is 9.25. The van der Waals surface area contributed by atoms with Gasteiger partial charge in [0.1, 0.15) is 0 Å². The van der Waals surface area contributed by atoms with Crippen molar-refractivity contribution >= 4 is 17.3 Å². The number of nitrogens with two attached hydrogens (primary N) is 1. The zero-order chi connectivity index (χ0) is 16.7. The molecule has 23 heavy (non-hydrogen) atoms. The molecule has 0 bridgehead atoms. The van der Waals surface area contributed by atoms with Crippen LogP contribution in [-0.2, 0) is 6.54 Å². The molecule has 0 atom stereocenters. The molecule has 120 valence electrons. The smallest absolute Gasteiger partial charge is 0.259 e. The second-order valence-corrected chi connectivity index (χ2v) is 6.86. The fraction of sp³-hybridized carbons (Fsp3) is 0.350. The summed E-state index contributed by atoms with van der Waals surface area (Å²) in [6.07, 6.45) is 0. The van der Waals surface area contributed by atoms with Crippen LogP contribution in [0.25, 0.3) is 0 Å². The first-order valence-corrected chi connectivity index (χ1v) is 8.23. The fourth-order valence-corrected chi connectivity index (χ4v) is 3.36. The monoisotopic (exact) mass is 308 g/mol. The van der Waals surface area contributed by atoms with Crippen molar-refractivity contribution in [1.82, 2.24) is 0 Å². The van der Waals surface area contributed by atoms with Crippen LogP contribution in [0.3, 0.4) is 0 Å². The number of nitrogen functional groups attached to an aromatic ring is 1. The molecule has 1 aliphatic rings. The van der Waals surface area contributed by atoms with Crippen LogP contribution in [-0.4, -0.2) is 5.91 Å². The predicted molar refractivity (Wildman–Crippen MR) is 96.0 cm³/mol. The number of carbonyl (C=O) groups is 1. The number of amides is 1. The van der Waals surface area contributed by atoms with Crippen molar-refractivity contribution in [2.75, 3.05) is 10.6 Å². The second kappa shape index (κ2) is 5.73. The third kappa shape index (κ3) is 2.50. The van der Waals surface area contributed by atoms with Gasteiger partial charge < -0.3 is 10.6 Å². The lowest BCUT2D eigenvalue weighted by Crippen LogP contribution is -2.26. The topological polar surface area (TPSA) is 46.3 Å². The normalized spacial score (nSPS) is 14.0. The first kappa shape index (κ1) is 15.6. The van der Waals surface area contributed by atoms with Gasteiger partial charge >= 0.3 is 0 Å². The van der Waals surface area contributed by atoms with E-state index in [0.29, 0.717) is 24.1 Å². The Labute approximate surface area is 138 Å². The maximum Gasteiger partial charge on any atom is 0.259 e. The summed E-state index contributed by atoms with van der Waals surface area (Å²) in [7, 11) is 0. The van der Waals surface area contributed by atoms with Crippen LogP contribution < -0.4 is 10.6 Å². The molecule has 0 saturated heterocycles. The first-order valence-electron chi connectivity index (χ1n) is 8.23. The molecular weight excluding hydrogens is 284 g/mol. The average Bonchev–Trinajstić information content (AvgIpc) is 2.85. The standard InChI is InChI=1S/C20H24N2O/c1-12(2)14-7-5-8-15(13(3)4)19(14)22-11-17-16(20(22)23)9-6-10-18(17)21/h5-10,12-13H,11,21H2,1-4H3. The third-order valence-electron chi connectivity index (χ3n) is 4.62. The molecule has 0 unspecified atom stereocenters. The van der Waals surface area contributed by atoms with Gasteiger partial charge in [0.25, 0.3) is 5.91 Å².